The summed E-state index contributed by atoms with van der Waals surface area (Å²) < 4.78 is 0. The van der Waals surface area contributed by atoms with Gasteiger partial charge in [-0.15, -0.1) is 0 Å². The number of fused-ring (bicyclic) bond motifs is 1. The minimum absolute atomic E-state index is 0.141. The Morgan fingerprint density at radius 2 is 1.50 bits per heavy atom. The Bertz CT molecular complexity index is 1240. The van der Waals surface area contributed by atoms with Crippen molar-refractivity contribution in [2.75, 3.05) is 0 Å². The van der Waals surface area contributed by atoms with Gasteiger partial charge in [0, 0.05) is 29.9 Å². The summed E-state index contributed by atoms with van der Waals surface area (Å²) >= 11 is 0. The lowest BCUT2D eigenvalue weighted by Crippen LogP contribution is -2.58. The lowest BCUT2D eigenvalue weighted by molar-refractivity contribution is -0.143. The molecule has 0 aliphatic heterocycles. The normalized spacial score (nSPS) is 14.1. The molecule has 0 saturated carbocycles. The number of para-hydroxylation sites is 1. The van der Waals surface area contributed by atoms with Gasteiger partial charge in [-0.05, 0) is 36.8 Å². The molecule has 14 nitrogen and oxygen atoms in total. The second-order valence-corrected chi connectivity index (χ2v) is 9.80. The zero-order valence-electron chi connectivity index (χ0n) is 22.3. The van der Waals surface area contributed by atoms with Gasteiger partial charge >= 0.3 is 11.9 Å². The Labute approximate surface area is 230 Å². The number of aliphatic carboxylic acids is 2. The molecule has 1 aromatic carbocycles. The fraction of sp³-hybridized carbons (Fsp3) is 0.462. The van der Waals surface area contributed by atoms with Crippen molar-refractivity contribution in [1.29, 1.82) is 0 Å². The molecule has 2 aromatic rings. The van der Waals surface area contributed by atoms with Gasteiger partial charge in [-0.1, -0.05) is 32.0 Å². The van der Waals surface area contributed by atoms with Crippen molar-refractivity contribution in [2.24, 2.45) is 17.4 Å². The molecule has 0 spiro atoms. The number of benzene rings is 1. The number of aromatic nitrogens is 1. The Balaban J connectivity index is 2.13. The number of H-pyrrole nitrogens is 1. The molecule has 14 heteroatoms. The number of hydrogen-bond donors (Lipinski definition) is 8. The van der Waals surface area contributed by atoms with Gasteiger partial charge in [-0.3, -0.25) is 24.0 Å². The number of hydrogen-bond acceptors (Lipinski definition) is 7. The molecule has 0 saturated heterocycles. The van der Waals surface area contributed by atoms with Crippen LogP contribution in [0, 0.1) is 5.92 Å². The van der Waals surface area contributed by atoms with E-state index in [4.69, 9.17) is 16.6 Å². The summed E-state index contributed by atoms with van der Waals surface area (Å²) in [5.74, 6) is -6.22. The first-order valence-electron chi connectivity index (χ1n) is 12.7. The number of nitrogens with one attached hydrogen (secondary N) is 4. The topological polar surface area (TPSA) is 247 Å². The maximum absolute atomic E-state index is 13.1. The summed E-state index contributed by atoms with van der Waals surface area (Å²) in [6.45, 7) is 3.21. The zero-order chi connectivity index (χ0) is 30.0. The first-order valence-corrected chi connectivity index (χ1v) is 12.7. The summed E-state index contributed by atoms with van der Waals surface area (Å²) in [6, 6.07) is 2.38. The molecule has 0 radical (unpaired) electrons. The maximum atomic E-state index is 13.1. The number of carbonyl (C=O) groups is 6. The molecule has 0 fully saturated rings. The number of carboxylic acids is 2. The second-order valence-electron chi connectivity index (χ2n) is 9.80. The van der Waals surface area contributed by atoms with Crippen LogP contribution in [0.4, 0.5) is 0 Å². The predicted octanol–water partition coefficient (Wildman–Crippen LogP) is -0.637. The van der Waals surface area contributed by atoms with E-state index in [2.05, 4.69) is 20.9 Å². The van der Waals surface area contributed by atoms with E-state index in [9.17, 15) is 33.9 Å². The molecular formula is C26H36N6O8. The van der Waals surface area contributed by atoms with Gasteiger partial charge in [0.2, 0.25) is 23.6 Å². The SMILES string of the molecule is CC(C)[C@H](NC(=O)[C@H](CCC(=O)O)NC(=O)[C@@H](N)Cc1c[nH]c2ccccc12)C(=O)N[C@@H](CCC(N)=O)C(=O)O. The van der Waals surface area contributed by atoms with Crippen molar-refractivity contribution < 1.29 is 39.0 Å². The van der Waals surface area contributed by atoms with Crippen molar-refractivity contribution in [3.8, 4) is 0 Å². The monoisotopic (exact) mass is 560 g/mol. The van der Waals surface area contributed by atoms with Gasteiger partial charge in [0.15, 0.2) is 0 Å². The lowest BCUT2D eigenvalue weighted by atomic mass is 10.0. The zero-order valence-corrected chi connectivity index (χ0v) is 22.3. The lowest BCUT2D eigenvalue weighted by Gasteiger charge is -2.27. The number of amides is 4. The van der Waals surface area contributed by atoms with E-state index < -0.39 is 72.1 Å². The van der Waals surface area contributed by atoms with Crippen LogP contribution in [0.25, 0.3) is 10.9 Å². The van der Waals surface area contributed by atoms with Crippen molar-refractivity contribution >= 4 is 46.5 Å². The summed E-state index contributed by atoms with van der Waals surface area (Å²) in [5, 5.41) is 26.6. The van der Waals surface area contributed by atoms with E-state index in [0.717, 1.165) is 16.5 Å². The van der Waals surface area contributed by atoms with E-state index >= 15 is 0 Å². The maximum Gasteiger partial charge on any atom is 0.326 e. The molecule has 0 aliphatic carbocycles. The van der Waals surface area contributed by atoms with Gasteiger partial charge in [0.05, 0.1) is 6.04 Å². The van der Waals surface area contributed by atoms with Crippen LogP contribution in [-0.2, 0) is 35.2 Å². The number of primary amides is 1. The smallest absolute Gasteiger partial charge is 0.326 e. The van der Waals surface area contributed by atoms with Crippen LogP contribution in [0.15, 0.2) is 30.5 Å². The summed E-state index contributed by atoms with van der Waals surface area (Å²) in [6.07, 6.45) is 0.602. The molecule has 1 aromatic heterocycles. The number of aromatic amines is 1. The third kappa shape index (κ3) is 9.38. The third-order valence-corrected chi connectivity index (χ3v) is 6.27. The van der Waals surface area contributed by atoms with Gasteiger partial charge in [0.1, 0.15) is 18.1 Å². The third-order valence-electron chi connectivity index (χ3n) is 6.27. The Morgan fingerprint density at radius 3 is 2.10 bits per heavy atom. The highest BCUT2D eigenvalue weighted by Gasteiger charge is 2.32. The standard InChI is InChI=1S/C26H36N6O8/c1-13(2)22(25(38)31-19(26(39)40)7-9-20(28)33)32-24(37)18(8-10-21(34)35)30-23(36)16(27)11-14-12-29-17-6-4-3-5-15(14)17/h3-6,12-13,16,18-19,22,29H,7-11,27H2,1-2H3,(H2,28,33)(H,30,36)(H,31,38)(H,32,37)(H,34,35)(H,39,40)/t16-,18-,19-,22-/m0/s1. The molecule has 0 unspecified atom stereocenters. The highest BCUT2D eigenvalue weighted by molar-refractivity contribution is 5.95. The molecule has 4 amide bonds. The van der Waals surface area contributed by atoms with Gasteiger partial charge in [-0.25, -0.2) is 4.79 Å². The van der Waals surface area contributed by atoms with E-state index in [0.29, 0.717) is 0 Å². The first-order chi connectivity index (χ1) is 18.8. The van der Waals surface area contributed by atoms with Crippen LogP contribution < -0.4 is 27.4 Å². The van der Waals surface area contributed by atoms with Crippen LogP contribution in [0.3, 0.4) is 0 Å². The number of carbonyl (C=O) groups excluding carboxylic acids is 4. The molecule has 218 valence electrons. The van der Waals surface area contributed by atoms with Crippen LogP contribution >= 0.6 is 0 Å². The molecule has 1 heterocycles. The average Bonchev–Trinajstić information content (AvgIpc) is 3.29. The molecule has 4 atom stereocenters. The quantitative estimate of drug-likeness (QED) is 0.130. The Hall–Kier alpha value is -4.46. The van der Waals surface area contributed by atoms with Crippen LogP contribution in [0.1, 0.15) is 45.1 Å². The molecule has 40 heavy (non-hydrogen) atoms. The minimum atomic E-state index is -1.43. The fourth-order valence-electron chi connectivity index (χ4n) is 4.04. The molecule has 0 aliphatic rings. The molecule has 2 rings (SSSR count). The first kappa shape index (κ1) is 31.8. The molecule has 10 N–H and O–H groups in total. The van der Waals surface area contributed by atoms with Crippen LogP contribution in [0.5, 0.6) is 0 Å². The van der Waals surface area contributed by atoms with Crippen molar-refractivity contribution in [3.05, 3.63) is 36.0 Å². The number of rotatable bonds is 16. The van der Waals surface area contributed by atoms with Gasteiger partial charge in [0.25, 0.3) is 0 Å². The highest BCUT2D eigenvalue weighted by Crippen LogP contribution is 2.19. The van der Waals surface area contributed by atoms with E-state index in [1.54, 1.807) is 20.0 Å². The summed E-state index contributed by atoms with van der Waals surface area (Å²) in [4.78, 5) is 75.8. The van der Waals surface area contributed by atoms with E-state index in [1.165, 1.54) is 0 Å². The van der Waals surface area contributed by atoms with E-state index in [1.807, 2.05) is 24.3 Å². The largest absolute Gasteiger partial charge is 0.481 e. The Morgan fingerprint density at radius 1 is 0.875 bits per heavy atom. The van der Waals surface area contributed by atoms with E-state index in [-0.39, 0.29) is 25.7 Å². The Kier molecular flexibility index (Phi) is 11.6. The molecular weight excluding hydrogens is 524 g/mol. The molecule has 0 bridgehead atoms. The number of carboxylic acid groups (broad SMARTS) is 2. The van der Waals surface area contributed by atoms with Gasteiger partial charge in [-0.2, -0.15) is 0 Å². The van der Waals surface area contributed by atoms with Crippen molar-refractivity contribution in [1.82, 2.24) is 20.9 Å². The van der Waals surface area contributed by atoms with Crippen molar-refractivity contribution in [3.63, 3.8) is 0 Å². The number of nitrogens with two attached hydrogens (primary N) is 2. The van der Waals surface area contributed by atoms with Crippen molar-refractivity contribution in [2.45, 2.75) is 70.1 Å². The minimum Gasteiger partial charge on any atom is -0.481 e. The predicted molar refractivity (Wildman–Crippen MR) is 144 cm³/mol. The highest BCUT2D eigenvalue weighted by atomic mass is 16.4. The second kappa shape index (κ2) is 14.6. The van der Waals surface area contributed by atoms with Gasteiger partial charge < -0.3 is 42.6 Å². The van der Waals surface area contributed by atoms with Crippen LogP contribution in [-0.4, -0.2) is 74.9 Å². The summed E-state index contributed by atoms with van der Waals surface area (Å²) in [5.41, 5.74) is 12.8. The summed E-state index contributed by atoms with van der Waals surface area (Å²) in [7, 11) is 0. The van der Waals surface area contributed by atoms with Crippen LogP contribution in [0.2, 0.25) is 0 Å². The fourth-order valence-corrected chi connectivity index (χ4v) is 4.04. The average molecular weight is 561 g/mol.